The van der Waals surface area contributed by atoms with Crippen molar-refractivity contribution in [1.82, 2.24) is 0 Å². The second-order valence-corrected chi connectivity index (χ2v) is 6.91. The fourth-order valence-electron chi connectivity index (χ4n) is 0.894. The molecule has 15 heavy (non-hydrogen) atoms. The van der Waals surface area contributed by atoms with Gasteiger partial charge in [0, 0.05) is 0 Å². The molecular formula is C12H23NOS. The maximum absolute atomic E-state index is 11.7. The van der Waals surface area contributed by atoms with Crippen molar-refractivity contribution in [3.05, 3.63) is 11.6 Å². The summed E-state index contributed by atoms with van der Waals surface area (Å²) < 4.78 is 15.6. The molecule has 0 aromatic carbocycles. The van der Waals surface area contributed by atoms with Crippen molar-refractivity contribution in [2.24, 2.45) is 4.40 Å². The molecule has 0 aliphatic carbocycles. The van der Waals surface area contributed by atoms with Crippen molar-refractivity contribution in [2.45, 2.75) is 59.1 Å². The molecule has 0 N–H and O–H groups in total. The van der Waals surface area contributed by atoms with Gasteiger partial charge in [-0.2, -0.15) is 0 Å². The molecule has 0 aromatic rings. The fourth-order valence-corrected chi connectivity index (χ4v) is 1.54. The highest BCUT2D eigenvalue weighted by Gasteiger charge is 2.26. The topological polar surface area (TPSA) is 35.4 Å². The summed E-state index contributed by atoms with van der Waals surface area (Å²) in [6.45, 7) is 11.9. The lowest BCUT2D eigenvalue weighted by Gasteiger charge is -2.18. The molecule has 0 heterocycles. The largest absolute Gasteiger partial charge is 0.591 e. The first-order chi connectivity index (χ1) is 6.73. The molecule has 0 radical (unpaired) electrons. The van der Waals surface area contributed by atoms with Crippen LogP contribution in [0.2, 0.25) is 0 Å². The highest BCUT2D eigenvalue weighted by atomic mass is 32.2. The molecule has 0 saturated carbocycles. The highest BCUT2D eigenvalue weighted by molar-refractivity contribution is 7.91. The summed E-state index contributed by atoms with van der Waals surface area (Å²) in [6.07, 6.45) is 4.06. The number of hydrogen-bond acceptors (Lipinski definition) is 2. The van der Waals surface area contributed by atoms with Crippen LogP contribution in [-0.4, -0.2) is 15.0 Å². The van der Waals surface area contributed by atoms with Crippen molar-refractivity contribution in [2.75, 3.05) is 0 Å². The van der Waals surface area contributed by atoms with Gasteiger partial charge in [-0.25, -0.2) is 0 Å². The zero-order chi connectivity index (χ0) is 12.1. The Bertz CT molecular complexity index is 247. The number of rotatable bonds is 4. The predicted octanol–water partition coefficient (Wildman–Crippen LogP) is 3.66. The Morgan fingerprint density at radius 1 is 1.27 bits per heavy atom. The fraction of sp³-hybridized carbons (Fsp3) is 0.750. The summed E-state index contributed by atoms with van der Waals surface area (Å²) in [5, 5.41) is 0. The third-order valence-electron chi connectivity index (χ3n) is 1.82. The molecule has 0 saturated heterocycles. The molecule has 0 rings (SSSR count). The van der Waals surface area contributed by atoms with Gasteiger partial charge in [-0.05, 0) is 54.4 Å². The predicted molar refractivity (Wildman–Crippen MR) is 69.7 cm³/mol. The standard InChI is InChI=1S/C12H23NOS/c1-10(2)8-7-9-11(3)13-15(14)12(4,5)6/h8H,7,9H2,1-6H3/b13-11-/t15-/m1/s1. The zero-order valence-electron chi connectivity index (χ0n) is 10.8. The summed E-state index contributed by atoms with van der Waals surface area (Å²) in [5.74, 6) is 0. The van der Waals surface area contributed by atoms with Crippen molar-refractivity contribution in [3.63, 3.8) is 0 Å². The molecule has 1 atom stereocenters. The van der Waals surface area contributed by atoms with Gasteiger partial charge in [0.25, 0.3) is 0 Å². The third kappa shape index (κ3) is 7.63. The monoisotopic (exact) mass is 229 g/mol. The van der Waals surface area contributed by atoms with Crippen molar-refractivity contribution in [3.8, 4) is 0 Å². The Kier molecular flexibility index (Phi) is 6.22. The molecule has 0 spiro atoms. The van der Waals surface area contributed by atoms with Crippen LogP contribution in [0.1, 0.15) is 54.4 Å². The highest BCUT2D eigenvalue weighted by Crippen LogP contribution is 2.17. The van der Waals surface area contributed by atoms with Crippen LogP contribution in [0.5, 0.6) is 0 Å². The molecule has 0 amide bonds. The van der Waals surface area contributed by atoms with E-state index in [0.717, 1.165) is 18.6 Å². The second-order valence-electron chi connectivity index (χ2n) is 5.01. The third-order valence-corrected chi connectivity index (χ3v) is 3.35. The summed E-state index contributed by atoms with van der Waals surface area (Å²) >= 11 is -1.11. The van der Waals surface area contributed by atoms with E-state index in [-0.39, 0.29) is 4.75 Å². The lowest BCUT2D eigenvalue weighted by molar-refractivity contribution is 0.561. The van der Waals surface area contributed by atoms with E-state index >= 15 is 0 Å². The van der Waals surface area contributed by atoms with Gasteiger partial charge < -0.3 is 4.55 Å². The SMILES string of the molecule is CC(C)=CCC/C(C)=N\[S@+]([O-])C(C)(C)C. The molecule has 0 bridgehead atoms. The van der Waals surface area contributed by atoms with Crippen molar-refractivity contribution < 1.29 is 4.55 Å². The van der Waals surface area contributed by atoms with Gasteiger partial charge in [-0.1, -0.05) is 16.0 Å². The minimum Gasteiger partial charge on any atom is -0.591 e. The van der Waals surface area contributed by atoms with Gasteiger partial charge in [-0.15, -0.1) is 0 Å². The average molecular weight is 229 g/mol. The van der Waals surface area contributed by atoms with E-state index < -0.39 is 11.4 Å². The summed E-state index contributed by atoms with van der Waals surface area (Å²) in [6, 6.07) is 0. The smallest absolute Gasteiger partial charge is 0.144 e. The van der Waals surface area contributed by atoms with Crippen LogP contribution in [-0.2, 0) is 11.4 Å². The maximum atomic E-state index is 11.7. The molecule has 0 fully saturated rings. The number of allylic oxidation sites excluding steroid dienone is 2. The van der Waals surface area contributed by atoms with Crippen LogP contribution in [0.4, 0.5) is 0 Å². The molecule has 2 nitrogen and oxygen atoms in total. The molecule has 3 heteroatoms. The van der Waals surface area contributed by atoms with E-state index in [4.69, 9.17) is 0 Å². The van der Waals surface area contributed by atoms with Gasteiger partial charge in [-0.3, -0.25) is 0 Å². The molecule has 0 unspecified atom stereocenters. The molecule has 0 aliphatic rings. The quantitative estimate of drug-likeness (QED) is 0.411. The van der Waals surface area contributed by atoms with Crippen LogP contribution in [0.15, 0.2) is 16.0 Å². The Morgan fingerprint density at radius 2 is 1.80 bits per heavy atom. The van der Waals surface area contributed by atoms with Gasteiger partial charge in [0.15, 0.2) is 0 Å². The normalized spacial score (nSPS) is 15.0. The second kappa shape index (κ2) is 6.33. The van der Waals surface area contributed by atoms with Crippen LogP contribution in [0.3, 0.4) is 0 Å². The summed E-state index contributed by atoms with van der Waals surface area (Å²) in [5.41, 5.74) is 2.29. The summed E-state index contributed by atoms with van der Waals surface area (Å²) in [7, 11) is 0. The Hall–Kier alpha value is -0.280. The van der Waals surface area contributed by atoms with Crippen LogP contribution < -0.4 is 0 Å². The van der Waals surface area contributed by atoms with E-state index in [1.807, 2.05) is 27.7 Å². The molecule has 0 aromatic heterocycles. The lowest BCUT2D eigenvalue weighted by Crippen LogP contribution is -2.26. The van der Waals surface area contributed by atoms with Crippen molar-refractivity contribution in [1.29, 1.82) is 0 Å². The Morgan fingerprint density at radius 3 is 2.20 bits per heavy atom. The minimum atomic E-state index is -1.11. The first-order valence-corrected chi connectivity index (χ1v) is 6.43. The zero-order valence-corrected chi connectivity index (χ0v) is 11.6. The average Bonchev–Trinajstić information content (AvgIpc) is 2.01. The van der Waals surface area contributed by atoms with Gasteiger partial charge in [0.2, 0.25) is 0 Å². The van der Waals surface area contributed by atoms with E-state index in [0.29, 0.717) is 0 Å². The van der Waals surface area contributed by atoms with Gasteiger partial charge in [0.05, 0.1) is 5.71 Å². The van der Waals surface area contributed by atoms with E-state index in [1.54, 1.807) is 0 Å². The molecule has 0 aliphatic heterocycles. The van der Waals surface area contributed by atoms with E-state index in [1.165, 1.54) is 5.57 Å². The first-order valence-electron chi connectivity index (χ1n) is 5.33. The van der Waals surface area contributed by atoms with E-state index in [2.05, 4.69) is 24.3 Å². The summed E-state index contributed by atoms with van der Waals surface area (Å²) in [4.78, 5) is 0. The molecule has 88 valence electrons. The Labute approximate surface area is 97.2 Å². The Balaban J connectivity index is 4.15. The first kappa shape index (κ1) is 14.7. The maximum Gasteiger partial charge on any atom is 0.144 e. The lowest BCUT2D eigenvalue weighted by atomic mass is 10.2. The number of nitrogens with zero attached hydrogens (tertiary/aromatic N) is 1. The molecular weight excluding hydrogens is 206 g/mol. The van der Waals surface area contributed by atoms with E-state index in [9.17, 15) is 4.55 Å². The van der Waals surface area contributed by atoms with Crippen LogP contribution in [0, 0.1) is 0 Å². The van der Waals surface area contributed by atoms with Gasteiger partial charge >= 0.3 is 0 Å². The minimum absolute atomic E-state index is 0.252. The van der Waals surface area contributed by atoms with Crippen molar-refractivity contribution >= 4 is 17.1 Å². The number of hydrogen-bond donors (Lipinski definition) is 0. The van der Waals surface area contributed by atoms with Crippen LogP contribution in [0.25, 0.3) is 0 Å². The van der Waals surface area contributed by atoms with Gasteiger partial charge in [0.1, 0.15) is 16.1 Å². The van der Waals surface area contributed by atoms with Crippen LogP contribution >= 0.6 is 0 Å².